The monoisotopic (exact) mass is 1890 g/mol. The molecule has 0 heterocycles. The molecule has 8 rings (SSSR count). The summed E-state index contributed by atoms with van der Waals surface area (Å²) in [6.45, 7) is 27.5. The zero-order valence-electron chi connectivity index (χ0n) is 75.5. The Labute approximate surface area is 726 Å². The van der Waals surface area contributed by atoms with Gasteiger partial charge in [-0.1, -0.05) is 54.4 Å². The predicted octanol–water partition coefficient (Wildman–Crippen LogP) is 22.5. The summed E-state index contributed by atoms with van der Waals surface area (Å²) < 4.78 is 346. The van der Waals surface area contributed by atoms with Crippen molar-refractivity contribution >= 4 is 35.8 Å². The fourth-order valence-corrected chi connectivity index (χ4v) is 18.2. The minimum absolute atomic E-state index is 0.0409. The summed E-state index contributed by atoms with van der Waals surface area (Å²) in [5.41, 5.74) is -23.9. The highest BCUT2D eigenvalue weighted by atomic mass is 19.4. The second kappa shape index (κ2) is 42.7. The molecular formula is C86H132F24O17. The smallest absolute Gasteiger partial charge is 0.428 e. The van der Waals surface area contributed by atoms with Crippen LogP contribution in [0.25, 0.3) is 0 Å². The molecule has 8 saturated carbocycles. The molecule has 0 radical (unpaired) electrons. The number of rotatable bonds is 20. The van der Waals surface area contributed by atoms with Gasteiger partial charge in [-0.2, -0.15) is 105 Å². The van der Waals surface area contributed by atoms with Gasteiger partial charge in [-0.05, 0) is 278 Å². The fraction of sp³-hybridized carbons (Fsp3) is 0.930. The molecule has 8 aliphatic carbocycles. The molecule has 17 nitrogen and oxygen atoms in total. The maximum Gasteiger partial charge on any atom is 0.428 e. The maximum atomic E-state index is 13.4. The number of hydrogen-bond acceptors (Lipinski definition) is 17. The normalized spacial score (nSPS) is 29.3. The molecular weight excluding hydrogens is 1760 g/mol. The van der Waals surface area contributed by atoms with Crippen molar-refractivity contribution in [1.29, 1.82) is 0 Å². The summed E-state index contributed by atoms with van der Waals surface area (Å²) in [6.07, 6.45) is -40.0. The molecule has 41 heteroatoms. The summed E-state index contributed by atoms with van der Waals surface area (Å²) in [7, 11) is 1.42. The van der Waals surface area contributed by atoms with Crippen LogP contribution in [0.3, 0.4) is 0 Å². The number of methoxy groups -OCH3 is 1. The number of carbonyl (C=O) groups is 6. The van der Waals surface area contributed by atoms with Gasteiger partial charge in [0.2, 0.25) is 5.60 Å². The highest BCUT2D eigenvalue weighted by molar-refractivity contribution is 5.77. The van der Waals surface area contributed by atoms with E-state index in [1.165, 1.54) is 27.9 Å². The Morgan fingerprint density at radius 1 is 0.370 bits per heavy atom. The number of fused-ring (bicyclic) bond motifs is 4. The van der Waals surface area contributed by atoms with Crippen LogP contribution in [0.5, 0.6) is 0 Å². The van der Waals surface area contributed by atoms with Crippen molar-refractivity contribution < 1.29 is 188 Å². The highest BCUT2D eigenvalue weighted by Crippen LogP contribution is 2.61. The molecule has 0 spiro atoms. The van der Waals surface area contributed by atoms with Crippen LogP contribution in [-0.4, -0.2) is 176 Å². The van der Waals surface area contributed by atoms with Crippen LogP contribution in [0.15, 0.2) is 0 Å². The third-order valence-corrected chi connectivity index (χ3v) is 28.8. The lowest BCUT2D eigenvalue weighted by Crippen LogP contribution is -2.65. The van der Waals surface area contributed by atoms with Crippen molar-refractivity contribution in [1.82, 2.24) is 0 Å². The van der Waals surface area contributed by atoms with E-state index in [1.54, 1.807) is 13.8 Å². The second-order valence-corrected chi connectivity index (χ2v) is 39.0. The van der Waals surface area contributed by atoms with E-state index < -0.39 is 196 Å². The van der Waals surface area contributed by atoms with Gasteiger partial charge in [0.1, 0.15) is 24.4 Å². The zero-order chi connectivity index (χ0) is 99.0. The highest BCUT2D eigenvalue weighted by Gasteiger charge is 2.77. The third-order valence-electron chi connectivity index (χ3n) is 28.8. The maximum absolute atomic E-state index is 13.4. The average Bonchev–Trinajstić information content (AvgIpc) is 1.71. The van der Waals surface area contributed by atoms with Crippen LogP contribution in [0.2, 0.25) is 0 Å². The van der Waals surface area contributed by atoms with Crippen molar-refractivity contribution in [2.45, 2.75) is 405 Å². The van der Waals surface area contributed by atoms with Gasteiger partial charge in [0.25, 0.3) is 11.2 Å². The first-order chi connectivity index (χ1) is 57.1. The van der Waals surface area contributed by atoms with Crippen molar-refractivity contribution in [3.63, 3.8) is 0 Å². The van der Waals surface area contributed by atoms with Crippen molar-refractivity contribution in [2.75, 3.05) is 7.11 Å². The van der Waals surface area contributed by atoms with E-state index in [9.17, 15) is 160 Å². The van der Waals surface area contributed by atoms with Crippen LogP contribution in [0.4, 0.5) is 105 Å². The van der Waals surface area contributed by atoms with Gasteiger partial charge in [-0.15, -0.1) is 0 Å². The Hall–Kier alpha value is -5.06. The molecule has 0 amide bonds. The molecule has 8 aliphatic rings. The number of aliphatic hydroxyl groups is 5. The molecule has 8 fully saturated rings. The van der Waals surface area contributed by atoms with E-state index in [4.69, 9.17) is 18.9 Å². The van der Waals surface area contributed by atoms with E-state index >= 15 is 0 Å². The summed E-state index contributed by atoms with van der Waals surface area (Å²) in [4.78, 5) is 70.3. The third kappa shape index (κ3) is 27.2. The molecule has 5 N–H and O–H groups in total. The Kier molecular flexibility index (Phi) is 39.0. The Morgan fingerprint density at radius 3 is 1.15 bits per heavy atom. The minimum atomic E-state index is -6.27. The summed E-state index contributed by atoms with van der Waals surface area (Å²) in [5.74, 6) is -13.6. The molecule has 2 bridgehead atoms. The van der Waals surface area contributed by atoms with Crippen molar-refractivity contribution in [2.24, 2.45) is 92.7 Å². The van der Waals surface area contributed by atoms with Crippen molar-refractivity contribution in [3.8, 4) is 0 Å². The lowest BCUT2D eigenvalue weighted by molar-refractivity contribution is -0.393. The largest absolute Gasteiger partial charge is 0.469 e. The van der Waals surface area contributed by atoms with E-state index in [-0.39, 0.29) is 97.7 Å². The van der Waals surface area contributed by atoms with Crippen molar-refractivity contribution in [3.05, 3.63) is 0 Å². The van der Waals surface area contributed by atoms with Crippen LogP contribution in [-0.2, 0) is 57.2 Å². The van der Waals surface area contributed by atoms with Gasteiger partial charge in [0.15, 0.2) is 16.8 Å². The number of ether oxygens (including phenoxy) is 6. The quantitative estimate of drug-likeness (QED) is 0.0431. The fourth-order valence-electron chi connectivity index (χ4n) is 18.2. The molecule has 0 aromatic rings. The molecule has 0 aromatic carbocycles. The molecule has 0 saturated heterocycles. The topological polar surface area (TPSA) is 259 Å². The second-order valence-electron chi connectivity index (χ2n) is 39.0. The first-order valence-electron chi connectivity index (χ1n) is 43.4. The van der Waals surface area contributed by atoms with E-state index in [0.717, 1.165) is 52.9 Å². The first-order valence-corrected chi connectivity index (χ1v) is 43.4. The molecule has 20 unspecified atom stereocenters. The van der Waals surface area contributed by atoms with Crippen LogP contribution >= 0.6 is 0 Å². The summed E-state index contributed by atoms with van der Waals surface area (Å²) >= 11 is 0. The van der Waals surface area contributed by atoms with E-state index in [1.807, 2.05) is 62.3 Å². The Bertz CT molecular complexity index is 3510. The Morgan fingerprint density at radius 2 is 0.764 bits per heavy atom. The number of alkyl halides is 24. The number of hydrogen-bond donors (Lipinski definition) is 5. The standard InChI is InChI=1S/C19H31F3O3.C18H29F3O3.C17H23F9O4.C15H22F6O3.C10H13F3O2.C7H14O2/c1-5-17(2,3)16(23)25-15-11-7-8-12-13(15)9-6-10-14(12)18(4,24)19(20,21)22;1-5-16(2,3)15(22)24-14-9-6-11-10-12(7-8-13(11)14)17(4,23)18(19,20)21;1-4-8(2)12(27)30-11-6-9(13(3,28)15(18,19)20)5-10(7-11)14(29,16(21,22)23)17(24,25)26;1-4-12(2,3)11(22)24-10-8-6-5-7-9(10)13(23,14(16,17)18)15(19,20)21;1-6(14)15-9(10(11,12)13)5-7-2-3-8(9)4-7;1-5-7(2,3)6(8)9-4/h12-15,24H,5-11H2,1-4H3;11-14,23H,5-10H2,1-4H3;8-11,28-29H,4-7H2,1-3H3;9-10,23H,4-8H2,1-3H3;7-8H,2-5H2,1H3;5H2,1-4H3. The zero-order valence-corrected chi connectivity index (χ0v) is 75.5. The first kappa shape index (κ1) is 116. The molecule has 746 valence electrons. The van der Waals surface area contributed by atoms with Gasteiger partial charge in [0, 0.05) is 30.6 Å². The number of halogens is 24. The lowest BCUT2D eigenvalue weighted by atomic mass is 9.60. The van der Waals surface area contributed by atoms with Crippen LogP contribution in [0, 0.1) is 92.7 Å². The summed E-state index contributed by atoms with van der Waals surface area (Å²) in [5, 5.41) is 49.3. The molecule has 127 heavy (non-hydrogen) atoms. The SMILES string of the molecule is CC(=O)OC1(C(F)(F)F)CC2CCC1C2.CCC(C)(C)C(=O)OC.CCC(C)(C)C(=O)OC1CCC2CC(C(C)(O)C(F)(F)F)CCC21.CCC(C)(C)C(=O)OC1CCCC2C1CCCC2C(C)(O)C(F)(F)F.CCC(C)(C)C(=O)OC1CCCCC1C(O)(C(F)(F)F)C(F)(F)F.CCC(C)C(=O)OC1CC(C(C)(O)C(F)(F)F)CC(C(O)(C(F)(F)F)C(F)(F)F)C1. The average molecular weight is 1890 g/mol. The molecule has 20 atom stereocenters. The van der Waals surface area contributed by atoms with Gasteiger partial charge in [0.05, 0.1) is 34.7 Å². The molecule has 0 aromatic heterocycles. The lowest BCUT2D eigenvalue weighted by Gasteiger charge is -2.49. The minimum Gasteiger partial charge on any atom is -0.469 e. The van der Waals surface area contributed by atoms with Gasteiger partial charge in [-0.25, -0.2) is 0 Å². The molecule has 0 aliphatic heterocycles. The summed E-state index contributed by atoms with van der Waals surface area (Å²) in [6, 6.07) is 0. The van der Waals surface area contributed by atoms with Crippen LogP contribution < -0.4 is 0 Å². The van der Waals surface area contributed by atoms with Crippen LogP contribution in [0.1, 0.15) is 298 Å². The van der Waals surface area contributed by atoms with Gasteiger partial charge in [-0.3, -0.25) is 28.8 Å². The number of carbonyl (C=O) groups excluding carboxylic acids is 6. The predicted molar refractivity (Wildman–Crippen MR) is 412 cm³/mol. The van der Waals surface area contributed by atoms with E-state index in [2.05, 4.69) is 9.47 Å². The van der Waals surface area contributed by atoms with E-state index in [0.29, 0.717) is 89.9 Å². The number of esters is 6. The van der Waals surface area contributed by atoms with Gasteiger partial charge >= 0.3 is 85.2 Å². The van der Waals surface area contributed by atoms with Gasteiger partial charge < -0.3 is 54.0 Å². The Balaban J connectivity index is 0.000000403.